The molecule has 8 nitrogen and oxygen atoms in total. The second kappa shape index (κ2) is 5.70. The van der Waals surface area contributed by atoms with E-state index in [1.165, 1.54) is 13.0 Å². The molecule has 0 saturated heterocycles. The van der Waals surface area contributed by atoms with E-state index in [0.717, 1.165) is 6.42 Å². The van der Waals surface area contributed by atoms with Gasteiger partial charge in [-0.05, 0) is 32.8 Å². The first-order valence-corrected chi connectivity index (χ1v) is 7.70. The number of aryl methyl sites for hydroxylation is 1. The van der Waals surface area contributed by atoms with Gasteiger partial charge in [-0.15, -0.1) is 0 Å². The number of Topliss-reactive ketones (excluding diaryl/α,β-unsaturated/α-hetero) is 1. The Morgan fingerprint density at radius 2 is 2.04 bits per heavy atom. The number of hydrogen-bond acceptors (Lipinski definition) is 6. The Morgan fingerprint density at radius 1 is 1.29 bits per heavy atom. The van der Waals surface area contributed by atoms with E-state index >= 15 is 0 Å². The van der Waals surface area contributed by atoms with Crippen LogP contribution in [0, 0.1) is 0 Å². The predicted octanol–water partition coefficient (Wildman–Crippen LogP) is 1.32. The van der Waals surface area contributed by atoms with Crippen LogP contribution in [0.3, 0.4) is 0 Å². The summed E-state index contributed by atoms with van der Waals surface area (Å²) in [4.78, 5) is 42.5. The zero-order valence-corrected chi connectivity index (χ0v) is 13.7. The van der Waals surface area contributed by atoms with Crippen LogP contribution in [0.2, 0.25) is 0 Å². The number of ketones is 1. The maximum Gasteiger partial charge on any atom is 0.263 e. The lowest BCUT2D eigenvalue weighted by Crippen LogP contribution is -2.40. The van der Waals surface area contributed by atoms with Crippen LogP contribution in [0.15, 0.2) is 15.4 Å². The van der Waals surface area contributed by atoms with E-state index in [2.05, 4.69) is 20.4 Å². The van der Waals surface area contributed by atoms with Gasteiger partial charge in [0.05, 0.1) is 5.54 Å². The topological polar surface area (TPSA) is 118 Å². The molecule has 3 rings (SSSR count). The number of aromatic amines is 1. The lowest BCUT2D eigenvalue weighted by Gasteiger charge is -2.20. The summed E-state index contributed by atoms with van der Waals surface area (Å²) in [5.41, 5.74) is 0.0806. The smallest absolute Gasteiger partial charge is 0.263 e. The monoisotopic (exact) mass is 330 g/mol. The average molecular weight is 330 g/mol. The first-order valence-electron chi connectivity index (χ1n) is 7.70. The van der Waals surface area contributed by atoms with Gasteiger partial charge in [0.1, 0.15) is 5.56 Å². The zero-order valence-electron chi connectivity index (χ0n) is 13.7. The maximum atomic E-state index is 12.3. The number of rotatable bonds is 3. The van der Waals surface area contributed by atoms with Crippen LogP contribution in [-0.4, -0.2) is 26.8 Å². The summed E-state index contributed by atoms with van der Waals surface area (Å²) in [5, 5.41) is 6.56. The highest BCUT2D eigenvalue weighted by molar-refractivity contribution is 5.98. The van der Waals surface area contributed by atoms with E-state index in [0.29, 0.717) is 24.1 Å². The zero-order chi connectivity index (χ0) is 17.5. The van der Waals surface area contributed by atoms with Gasteiger partial charge in [-0.25, -0.2) is 0 Å². The van der Waals surface area contributed by atoms with Crippen LogP contribution in [0.5, 0.6) is 0 Å². The normalized spacial score (nSPS) is 14.4. The van der Waals surface area contributed by atoms with Crippen molar-refractivity contribution in [3.63, 3.8) is 0 Å². The van der Waals surface area contributed by atoms with Crippen molar-refractivity contribution in [2.45, 2.75) is 45.6 Å². The second-order valence-corrected chi connectivity index (χ2v) is 6.41. The lowest BCUT2D eigenvalue weighted by atomic mass is 9.94. The quantitative estimate of drug-likeness (QED) is 0.876. The standard InChI is InChI=1S/C16H18N4O4/c1-8(21)19-16(2,3)15-18-14(24-20-15)10-7-9-11(17-13(10)23)5-4-6-12(9)22/h7H,4-6H2,1-3H3,(H,17,23)(H,19,21). The van der Waals surface area contributed by atoms with E-state index in [1.807, 2.05) is 0 Å². The number of amides is 1. The van der Waals surface area contributed by atoms with Crippen molar-refractivity contribution in [2.75, 3.05) is 0 Å². The summed E-state index contributed by atoms with van der Waals surface area (Å²) in [6.45, 7) is 4.84. The summed E-state index contributed by atoms with van der Waals surface area (Å²) in [5.74, 6) is 0.0256. The molecule has 2 aromatic rings. The third-order valence-corrected chi connectivity index (χ3v) is 3.96. The molecule has 0 aromatic carbocycles. The van der Waals surface area contributed by atoms with Crippen LogP contribution in [0.25, 0.3) is 11.5 Å². The molecular weight excluding hydrogens is 312 g/mol. The molecule has 126 valence electrons. The number of aromatic nitrogens is 3. The molecule has 0 atom stereocenters. The summed E-state index contributed by atoms with van der Waals surface area (Å²) in [6, 6.07) is 1.51. The van der Waals surface area contributed by atoms with Crippen molar-refractivity contribution < 1.29 is 14.1 Å². The summed E-state index contributed by atoms with van der Waals surface area (Å²) in [6.07, 6.45) is 1.86. The highest BCUT2D eigenvalue weighted by Gasteiger charge is 2.29. The third-order valence-electron chi connectivity index (χ3n) is 3.96. The molecule has 2 aromatic heterocycles. The SMILES string of the molecule is CC(=O)NC(C)(C)c1noc(-c2cc3c([nH]c2=O)CCCC3=O)n1. The highest BCUT2D eigenvalue weighted by Crippen LogP contribution is 2.24. The molecule has 1 aliphatic carbocycles. The van der Waals surface area contributed by atoms with Crippen LogP contribution in [0.4, 0.5) is 0 Å². The molecule has 0 unspecified atom stereocenters. The van der Waals surface area contributed by atoms with Gasteiger partial charge in [0, 0.05) is 24.6 Å². The van der Waals surface area contributed by atoms with Crippen molar-refractivity contribution in [1.82, 2.24) is 20.4 Å². The van der Waals surface area contributed by atoms with Crippen LogP contribution in [0.1, 0.15) is 55.5 Å². The van der Waals surface area contributed by atoms with E-state index < -0.39 is 5.54 Å². The molecule has 0 radical (unpaired) electrons. The van der Waals surface area contributed by atoms with Crippen molar-refractivity contribution in [1.29, 1.82) is 0 Å². The molecular formula is C16H18N4O4. The minimum atomic E-state index is -0.843. The number of nitrogens with one attached hydrogen (secondary N) is 2. The van der Waals surface area contributed by atoms with Gasteiger partial charge in [0.15, 0.2) is 11.6 Å². The Kier molecular flexibility index (Phi) is 3.82. The fourth-order valence-corrected chi connectivity index (χ4v) is 2.82. The first kappa shape index (κ1) is 16.1. The number of hydrogen-bond donors (Lipinski definition) is 2. The molecule has 24 heavy (non-hydrogen) atoms. The maximum absolute atomic E-state index is 12.3. The highest BCUT2D eigenvalue weighted by atomic mass is 16.5. The van der Waals surface area contributed by atoms with Gasteiger partial charge >= 0.3 is 0 Å². The molecule has 8 heteroatoms. The number of fused-ring (bicyclic) bond motifs is 1. The fourth-order valence-electron chi connectivity index (χ4n) is 2.82. The number of H-pyrrole nitrogens is 1. The van der Waals surface area contributed by atoms with Gasteiger partial charge in [-0.1, -0.05) is 5.16 Å². The van der Waals surface area contributed by atoms with Gasteiger partial charge in [-0.2, -0.15) is 4.98 Å². The largest absolute Gasteiger partial charge is 0.344 e. The number of nitrogens with zero attached hydrogens (tertiary/aromatic N) is 2. The van der Waals surface area contributed by atoms with Gasteiger partial charge in [0.2, 0.25) is 5.91 Å². The Bertz CT molecular complexity index is 878. The minimum Gasteiger partial charge on any atom is -0.344 e. The molecule has 2 heterocycles. The van der Waals surface area contributed by atoms with Crippen molar-refractivity contribution in [3.05, 3.63) is 33.5 Å². The molecule has 0 bridgehead atoms. The molecule has 0 saturated carbocycles. The number of carbonyl (C=O) groups excluding carboxylic acids is 2. The average Bonchev–Trinajstić information content (AvgIpc) is 2.96. The van der Waals surface area contributed by atoms with E-state index in [1.54, 1.807) is 13.8 Å². The Morgan fingerprint density at radius 3 is 2.75 bits per heavy atom. The van der Waals surface area contributed by atoms with Crippen LogP contribution in [-0.2, 0) is 16.8 Å². The van der Waals surface area contributed by atoms with E-state index in [9.17, 15) is 14.4 Å². The third kappa shape index (κ3) is 2.86. The van der Waals surface area contributed by atoms with E-state index in [4.69, 9.17) is 4.52 Å². The Labute approximate surface area is 137 Å². The lowest BCUT2D eigenvalue weighted by molar-refractivity contribution is -0.120. The molecule has 1 aliphatic rings. The summed E-state index contributed by atoms with van der Waals surface area (Å²) >= 11 is 0. The minimum absolute atomic E-state index is 0.00735. The molecule has 0 fully saturated rings. The summed E-state index contributed by atoms with van der Waals surface area (Å²) < 4.78 is 5.18. The van der Waals surface area contributed by atoms with Gasteiger partial charge < -0.3 is 14.8 Å². The van der Waals surface area contributed by atoms with Crippen LogP contribution < -0.4 is 10.9 Å². The Hall–Kier alpha value is -2.77. The molecule has 0 aliphatic heterocycles. The van der Waals surface area contributed by atoms with E-state index in [-0.39, 0.29) is 34.5 Å². The fraction of sp³-hybridized carbons (Fsp3) is 0.438. The van der Waals surface area contributed by atoms with Gasteiger partial charge in [0.25, 0.3) is 11.4 Å². The number of carbonyl (C=O) groups is 2. The summed E-state index contributed by atoms with van der Waals surface area (Å²) in [7, 11) is 0. The first-order chi connectivity index (χ1) is 11.3. The van der Waals surface area contributed by atoms with Crippen molar-refractivity contribution >= 4 is 11.7 Å². The Balaban J connectivity index is 2.02. The van der Waals surface area contributed by atoms with Crippen molar-refractivity contribution in [2.24, 2.45) is 0 Å². The van der Waals surface area contributed by atoms with Crippen LogP contribution >= 0.6 is 0 Å². The second-order valence-electron chi connectivity index (χ2n) is 6.41. The molecule has 2 N–H and O–H groups in total. The van der Waals surface area contributed by atoms with Crippen molar-refractivity contribution in [3.8, 4) is 11.5 Å². The molecule has 1 amide bonds. The molecule has 0 spiro atoms. The number of pyridine rings is 1. The predicted molar refractivity (Wildman–Crippen MR) is 84.5 cm³/mol. The van der Waals surface area contributed by atoms with Gasteiger partial charge in [-0.3, -0.25) is 14.4 Å².